The Morgan fingerprint density at radius 2 is 1.78 bits per heavy atom. The molecule has 8 heteroatoms. The second kappa shape index (κ2) is 10.1. The van der Waals surface area contributed by atoms with Crippen LogP contribution in [-0.2, 0) is 4.79 Å². The van der Waals surface area contributed by atoms with E-state index in [1.54, 1.807) is 19.2 Å². The van der Waals surface area contributed by atoms with Gasteiger partial charge in [-0.05, 0) is 36.4 Å². The predicted molar refractivity (Wildman–Crippen MR) is 128 cm³/mol. The summed E-state index contributed by atoms with van der Waals surface area (Å²) in [5.41, 5.74) is 3.87. The number of pyridine rings is 1. The zero-order valence-electron chi connectivity index (χ0n) is 17.1. The minimum absolute atomic E-state index is 0.119. The Kier molecular flexibility index (Phi) is 6.80. The molecule has 0 fully saturated rings. The molecule has 158 valence electrons. The Labute approximate surface area is 193 Å². The van der Waals surface area contributed by atoms with Crippen LogP contribution in [0.2, 0.25) is 0 Å². The van der Waals surface area contributed by atoms with Gasteiger partial charge in [-0.2, -0.15) is 5.26 Å². The van der Waals surface area contributed by atoms with Gasteiger partial charge in [0.15, 0.2) is 5.13 Å². The van der Waals surface area contributed by atoms with Gasteiger partial charge in [0.2, 0.25) is 5.91 Å². The van der Waals surface area contributed by atoms with Crippen LogP contribution in [0.3, 0.4) is 0 Å². The number of nitrogens with zero attached hydrogens (tertiary/aromatic N) is 3. The van der Waals surface area contributed by atoms with E-state index in [0.717, 1.165) is 28.3 Å². The molecule has 0 saturated heterocycles. The van der Waals surface area contributed by atoms with Gasteiger partial charge < -0.3 is 10.1 Å². The van der Waals surface area contributed by atoms with Gasteiger partial charge in [0, 0.05) is 16.5 Å². The summed E-state index contributed by atoms with van der Waals surface area (Å²) in [6.45, 7) is 0. The number of anilines is 1. The lowest BCUT2D eigenvalue weighted by Crippen LogP contribution is -2.14. The molecule has 1 amide bonds. The fourth-order valence-corrected chi connectivity index (χ4v) is 4.43. The first kappa shape index (κ1) is 21.6. The number of carbonyl (C=O) groups is 1. The third kappa shape index (κ3) is 5.14. The fourth-order valence-electron chi connectivity index (χ4n) is 2.92. The maximum atomic E-state index is 12.5. The number of thiazole rings is 1. The number of hydrogen-bond donors (Lipinski definition) is 1. The summed E-state index contributed by atoms with van der Waals surface area (Å²) >= 11 is 2.60. The van der Waals surface area contributed by atoms with Gasteiger partial charge in [-0.1, -0.05) is 42.1 Å². The Morgan fingerprint density at radius 3 is 2.50 bits per heavy atom. The number of methoxy groups -OCH3 is 1. The highest BCUT2D eigenvalue weighted by atomic mass is 32.2. The second-order valence-corrected chi connectivity index (χ2v) is 8.45. The van der Waals surface area contributed by atoms with Crippen molar-refractivity contribution in [2.24, 2.45) is 0 Å². The van der Waals surface area contributed by atoms with E-state index in [1.807, 2.05) is 60.0 Å². The number of aromatic nitrogens is 2. The Morgan fingerprint density at radius 1 is 1.03 bits per heavy atom. The molecule has 0 saturated carbocycles. The fraction of sp³-hybridized carbons (Fsp3) is 0.0833. The van der Waals surface area contributed by atoms with Crippen LogP contribution in [0.4, 0.5) is 5.13 Å². The van der Waals surface area contributed by atoms with Crippen LogP contribution < -0.4 is 10.1 Å². The highest BCUT2D eigenvalue weighted by Gasteiger charge is 2.13. The highest BCUT2D eigenvalue weighted by molar-refractivity contribution is 8.00. The molecule has 2 heterocycles. The van der Waals surface area contributed by atoms with Crippen LogP contribution in [0.25, 0.3) is 22.5 Å². The molecular formula is C24H18N4O2S2. The molecule has 4 rings (SSSR count). The van der Waals surface area contributed by atoms with E-state index in [4.69, 9.17) is 4.74 Å². The average Bonchev–Trinajstić information content (AvgIpc) is 3.31. The van der Waals surface area contributed by atoms with Gasteiger partial charge in [-0.15, -0.1) is 11.3 Å². The first-order valence-electron chi connectivity index (χ1n) is 9.65. The average molecular weight is 459 g/mol. The topological polar surface area (TPSA) is 87.9 Å². The molecule has 0 atom stereocenters. The molecular weight excluding hydrogens is 440 g/mol. The number of nitriles is 1. The standard InChI is InChI=1S/C24H18N4O2S2/c1-30-19-10-7-17(8-11-19)20-12-9-18(13-25)23(26-20)31-15-22(29)28-24-27-21(14-32-24)16-5-3-2-4-6-16/h2-12,14H,15H2,1H3,(H,27,28,29). The summed E-state index contributed by atoms with van der Waals surface area (Å²) in [6.07, 6.45) is 0. The van der Waals surface area contributed by atoms with E-state index >= 15 is 0 Å². The van der Waals surface area contributed by atoms with Crippen molar-refractivity contribution in [1.82, 2.24) is 9.97 Å². The van der Waals surface area contributed by atoms with E-state index in [1.165, 1.54) is 23.1 Å². The van der Waals surface area contributed by atoms with Crippen LogP contribution in [0.15, 0.2) is 77.1 Å². The van der Waals surface area contributed by atoms with E-state index in [0.29, 0.717) is 15.7 Å². The summed E-state index contributed by atoms with van der Waals surface area (Å²) in [4.78, 5) is 21.5. The number of benzene rings is 2. The third-order valence-corrected chi connectivity index (χ3v) is 6.28. The smallest absolute Gasteiger partial charge is 0.236 e. The largest absolute Gasteiger partial charge is 0.497 e. The van der Waals surface area contributed by atoms with Crippen molar-refractivity contribution in [3.63, 3.8) is 0 Å². The van der Waals surface area contributed by atoms with Crippen LogP contribution >= 0.6 is 23.1 Å². The monoisotopic (exact) mass is 458 g/mol. The van der Waals surface area contributed by atoms with Crippen molar-refractivity contribution in [3.05, 3.63) is 77.7 Å². The molecule has 4 aromatic rings. The first-order valence-corrected chi connectivity index (χ1v) is 11.5. The van der Waals surface area contributed by atoms with Crippen LogP contribution in [0.5, 0.6) is 5.75 Å². The molecule has 0 aliphatic rings. The van der Waals surface area contributed by atoms with Gasteiger partial charge in [-0.3, -0.25) is 4.79 Å². The molecule has 1 N–H and O–H groups in total. The third-order valence-electron chi connectivity index (χ3n) is 4.53. The van der Waals surface area contributed by atoms with E-state index in [9.17, 15) is 10.1 Å². The molecule has 0 bridgehead atoms. The highest BCUT2D eigenvalue weighted by Crippen LogP contribution is 2.28. The maximum Gasteiger partial charge on any atom is 0.236 e. The predicted octanol–water partition coefficient (Wildman–Crippen LogP) is 5.48. The Hall–Kier alpha value is -3.67. The first-order chi connectivity index (χ1) is 15.7. The molecule has 2 aromatic carbocycles. The summed E-state index contributed by atoms with van der Waals surface area (Å²) in [6, 6.07) is 23.0. The van der Waals surface area contributed by atoms with Crippen molar-refractivity contribution < 1.29 is 9.53 Å². The zero-order valence-corrected chi connectivity index (χ0v) is 18.7. The normalized spacial score (nSPS) is 10.4. The van der Waals surface area contributed by atoms with E-state index in [-0.39, 0.29) is 11.7 Å². The number of thioether (sulfide) groups is 1. The molecule has 6 nitrogen and oxygen atoms in total. The van der Waals surface area contributed by atoms with Gasteiger partial charge >= 0.3 is 0 Å². The molecule has 0 radical (unpaired) electrons. The molecule has 32 heavy (non-hydrogen) atoms. The number of ether oxygens (including phenoxy) is 1. The molecule has 0 aliphatic carbocycles. The number of carbonyl (C=O) groups excluding carboxylic acids is 1. The molecule has 0 unspecified atom stereocenters. The van der Waals surface area contributed by atoms with Crippen molar-refractivity contribution in [2.45, 2.75) is 5.03 Å². The lowest BCUT2D eigenvalue weighted by molar-refractivity contribution is -0.113. The summed E-state index contributed by atoms with van der Waals surface area (Å²) in [7, 11) is 1.61. The van der Waals surface area contributed by atoms with Gasteiger partial charge in [0.05, 0.1) is 29.8 Å². The minimum atomic E-state index is -0.204. The zero-order chi connectivity index (χ0) is 22.3. The number of amides is 1. The lowest BCUT2D eigenvalue weighted by atomic mass is 10.1. The van der Waals surface area contributed by atoms with Crippen molar-refractivity contribution in [2.75, 3.05) is 18.2 Å². The van der Waals surface area contributed by atoms with Gasteiger partial charge in [-0.25, -0.2) is 9.97 Å². The molecule has 0 aliphatic heterocycles. The molecule has 0 spiro atoms. The van der Waals surface area contributed by atoms with Crippen LogP contribution in [-0.4, -0.2) is 28.7 Å². The van der Waals surface area contributed by atoms with Crippen LogP contribution in [0, 0.1) is 11.3 Å². The Bertz CT molecular complexity index is 1270. The summed E-state index contributed by atoms with van der Waals surface area (Å²) in [5, 5.41) is 15.2. The minimum Gasteiger partial charge on any atom is -0.497 e. The van der Waals surface area contributed by atoms with E-state index in [2.05, 4.69) is 21.4 Å². The van der Waals surface area contributed by atoms with Crippen LogP contribution in [0.1, 0.15) is 5.56 Å². The number of rotatable bonds is 7. The van der Waals surface area contributed by atoms with Gasteiger partial charge in [0.25, 0.3) is 0 Å². The maximum absolute atomic E-state index is 12.5. The van der Waals surface area contributed by atoms with Crippen molar-refractivity contribution >= 4 is 34.1 Å². The number of nitrogens with one attached hydrogen (secondary N) is 1. The van der Waals surface area contributed by atoms with Crippen molar-refractivity contribution in [3.8, 4) is 34.3 Å². The lowest BCUT2D eigenvalue weighted by Gasteiger charge is -2.07. The Balaban J connectivity index is 1.43. The summed E-state index contributed by atoms with van der Waals surface area (Å²) < 4.78 is 5.19. The quantitative estimate of drug-likeness (QED) is 0.369. The second-order valence-electron chi connectivity index (χ2n) is 6.63. The summed E-state index contributed by atoms with van der Waals surface area (Å²) in [5.74, 6) is 0.671. The molecule has 2 aromatic heterocycles. The number of hydrogen-bond acceptors (Lipinski definition) is 7. The van der Waals surface area contributed by atoms with Gasteiger partial charge in [0.1, 0.15) is 16.8 Å². The SMILES string of the molecule is COc1ccc(-c2ccc(C#N)c(SCC(=O)Nc3nc(-c4ccccc4)cs3)n2)cc1. The van der Waals surface area contributed by atoms with E-state index < -0.39 is 0 Å². The van der Waals surface area contributed by atoms with Crippen molar-refractivity contribution in [1.29, 1.82) is 5.26 Å².